The lowest BCUT2D eigenvalue weighted by Crippen LogP contribution is -2.47. The fraction of sp³-hybridized carbons (Fsp3) is 0.769. The fourth-order valence-corrected chi connectivity index (χ4v) is 6.14. The normalized spacial score (nSPS) is 22.0. The molecule has 0 atom stereocenters. The van der Waals surface area contributed by atoms with Crippen LogP contribution in [0.3, 0.4) is 0 Å². The van der Waals surface area contributed by atoms with E-state index in [1.165, 1.54) is 63.0 Å². The Morgan fingerprint density at radius 3 is 2.20 bits per heavy atom. The van der Waals surface area contributed by atoms with Gasteiger partial charge >= 0.3 is 0 Å². The van der Waals surface area contributed by atoms with Gasteiger partial charge in [-0.25, -0.2) is 0 Å². The van der Waals surface area contributed by atoms with Crippen molar-refractivity contribution in [1.82, 2.24) is 4.90 Å². The first-order valence-corrected chi connectivity index (χ1v) is 11.8. The predicted molar refractivity (Wildman–Crippen MR) is 132 cm³/mol. The molecule has 3 nitrogen and oxygen atoms in total. The summed E-state index contributed by atoms with van der Waals surface area (Å²) in [4.78, 5) is 5.30. The Bertz CT molecular complexity index is 649. The van der Waals surface area contributed by atoms with Gasteiger partial charge in [-0.05, 0) is 66.2 Å². The average molecular weight is 437 g/mol. The molecule has 30 heavy (non-hydrogen) atoms. The molecule has 0 N–H and O–H groups in total. The molecule has 1 saturated carbocycles. The molecule has 3 rings (SSSR count). The lowest BCUT2D eigenvalue weighted by molar-refractivity contribution is 0.0969. The Balaban J connectivity index is 0.00000320. The number of methoxy groups -OCH3 is 1. The molecule has 1 saturated heterocycles. The summed E-state index contributed by atoms with van der Waals surface area (Å²) in [5.41, 5.74) is 5.18. The van der Waals surface area contributed by atoms with Crippen LogP contribution < -0.4 is 4.90 Å². The zero-order valence-electron chi connectivity index (χ0n) is 20.3. The smallest absolute Gasteiger partial charge is 0.0713 e. The number of anilines is 1. The zero-order valence-corrected chi connectivity index (χ0v) is 21.1. The van der Waals surface area contributed by atoms with E-state index in [2.05, 4.69) is 62.6 Å². The SMILES string of the molecule is CCCCN1CCN(c2ccc(COC)cc2C2CC(C)(C)CC(C)(C)C2)CC1.Cl. The maximum Gasteiger partial charge on any atom is 0.0713 e. The van der Waals surface area contributed by atoms with E-state index in [9.17, 15) is 0 Å². The van der Waals surface area contributed by atoms with Crippen molar-refractivity contribution in [2.45, 2.75) is 79.2 Å². The quantitative estimate of drug-likeness (QED) is 0.485. The lowest BCUT2D eigenvalue weighted by Gasteiger charge is -2.46. The largest absolute Gasteiger partial charge is 0.380 e. The second-order valence-electron chi connectivity index (χ2n) is 11.1. The molecule has 0 amide bonds. The van der Waals surface area contributed by atoms with Gasteiger partial charge < -0.3 is 9.64 Å². The summed E-state index contributed by atoms with van der Waals surface area (Å²) in [5.74, 6) is 0.638. The molecular formula is C26H45ClN2O. The average Bonchev–Trinajstić information content (AvgIpc) is 2.65. The van der Waals surface area contributed by atoms with Crippen LogP contribution in [0.25, 0.3) is 0 Å². The van der Waals surface area contributed by atoms with Crippen LogP contribution in [-0.2, 0) is 11.3 Å². The molecule has 0 aromatic heterocycles. The van der Waals surface area contributed by atoms with Crippen molar-refractivity contribution in [3.05, 3.63) is 29.3 Å². The number of nitrogens with zero attached hydrogens (tertiary/aromatic N) is 2. The van der Waals surface area contributed by atoms with Crippen LogP contribution in [0.2, 0.25) is 0 Å². The second kappa shape index (κ2) is 10.7. The van der Waals surface area contributed by atoms with Gasteiger partial charge in [0.15, 0.2) is 0 Å². The fourth-order valence-electron chi connectivity index (χ4n) is 6.14. The van der Waals surface area contributed by atoms with Crippen molar-refractivity contribution in [2.75, 3.05) is 44.7 Å². The Kier molecular flexibility index (Phi) is 9.09. The number of hydrogen-bond acceptors (Lipinski definition) is 3. The summed E-state index contributed by atoms with van der Waals surface area (Å²) in [6, 6.07) is 7.13. The van der Waals surface area contributed by atoms with Gasteiger partial charge in [-0.2, -0.15) is 0 Å². The number of rotatable bonds is 7. The first-order chi connectivity index (χ1) is 13.7. The van der Waals surface area contributed by atoms with Crippen molar-refractivity contribution in [1.29, 1.82) is 0 Å². The number of halogens is 1. The Morgan fingerprint density at radius 1 is 1.00 bits per heavy atom. The van der Waals surface area contributed by atoms with Gasteiger partial charge in [0.1, 0.15) is 0 Å². The van der Waals surface area contributed by atoms with E-state index >= 15 is 0 Å². The van der Waals surface area contributed by atoms with Crippen molar-refractivity contribution in [3.63, 3.8) is 0 Å². The topological polar surface area (TPSA) is 15.7 Å². The highest BCUT2D eigenvalue weighted by atomic mass is 35.5. The van der Waals surface area contributed by atoms with Crippen LogP contribution in [0.1, 0.15) is 83.8 Å². The van der Waals surface area contributed by atoms with Crippen LogP contribution >= 0.6 is 12.4 Å². The van der Waals surface area contributed by atoms with Crippen LogP contribution in [-0.4, -0.2) is 44.7 Å². The molecule has 1 aromatic carbocycles. The van der Waals surface area contributed by atoms with E-state index in [0.29, 0.717) is 23.4 Å². The number of unbranched alkanes of at least 4 members (excludes halogenated alkanes) is 1. The molecule has 1 heterocycles. The van der Waals surface area contributed by atoms with E-state index < -0.39 is 0 Å². The third-order valence-corrected chi connectivity index (χ3v) is 6.94. The number of piperazine rings is 1. The summed E-state index contributed by atoms with van der Waals surface area (Å²) in [7, 11) is 1.80. The highest BCUT2D eigenvalue weighted by Crippen LogP contribution is 2.53. The van der Waals surface area contributed by atoms with E-state index in [-0.39, 0.29) is 12.4 Å². The van der Waals surface area contributed by atoms with Crippen molar-refractivity contribution >= 4 is 18.1 Å². The summed E-state index contributed by atoms with van der Waals surface area (Å²) >= 11 is 0. The van der Waals surface area contributed by atoms with Crippen LogP contribution in [0, 0.1) is 10.8 Å². The highest BCUT2D eigenvalue weighted by Gasteiger charge is 2.40. The van der Waals surface area contributed by atoms with Crippen molar-refractivity contribution < 1.29 is 4.74 Å². The van der Waals surface area contributed by atoms with Crippen LogP contribution in [0.4, 0.5) is 5.69 Å². The van der Waals surface area contributed by atoms with Gasteiger partial charge in [0.2, 0.25) is 0 Å². The van der Waals surface area contributed by atoms with Gasteiger partial charge in [0, 0.05) is 39.0 Å². The Labute approximate surface area is 192 Å². The molecule has 2 fully saturated rings. The number of ether oxygens (including phenoxy) is 1. The summed E-state index contributed by atoms with van der Waals surface area (Å²) in [6.45, 7) is 18.8. The number of hydrogen-bond donors (Lipinski definition) is 0. The summed E-state index contributed by atoms with van der Waals surface area (Å²) < 4.78 is 5.47. The third kappa shape index (κ3) is 6.61. The monoisotopic (exact) mass is 436 g/mol. The lowest BCUT2D eigenvalue weighted by atomic mass is 9.60. The summed E-state index contributed by atoms with van der Waals surface area (Å²) in [6.07, 6.45) is 6.51. The molecule has 4 heteroatoms. The molecule has 0 spiro atoms. The molecule has 1 aliphatic carbocycles. The minimum Gasteiger partial charge on any atom is -0.380 e. The van der Waals surface area contributed by atoms with Crippen LogP contribution in [0.5, 0.6) is 0 Å². The predicted octanol–water partition coefficient (Wildman–Crippen LogP) is 6.50. The molecule has 0 bridgehead atoms. The van der Waals surface area contributed by atoms with Crippen molar-refractivity contribution in [3.8, 4) is 0 Å². The van der Waals surface area contributed by atoms with Gasteiger partial charge in [0.25, 0.3) is 0 Å². The van der Waals surface area contributed by atoms with Crippen LogP contribution in [0.15, 0.2) is 18.2 Å². The van der Waals surface area contributed by atoms with E-state index in [1.807, 2.05) is 0 Å². The Morgan fingerprint density at radius 2 is 1.63 bits per heavy atom. The maximum absolute atomic E-state index is 5.47. The third-order valence-electron chi connectivity index (χ3n) is 6.94. The van der Waals surface area contributed by atoms with Crippen molar-refractivity contribution in [2.24, 2.45) is 10.8 Å². The molecule has 0 radical (unpaired) electrons. The first-order valence-electron chi connectivity index (χ1n) is 11.8. The molecular weight excluding hydrogens is 392 g/mol. The molecule has 0 unspecified atom stereocenters. The van der Waals surface area contributed by atoms with Gasteiger partial charge in [0.05, 0.1) is 6.61 Å². The van der Waals surface area contributed by atoms with E-state index in [1.54, 1.807) is 12.7 Å². The van der Waals surface area contributed by atoms with E-state index in [0.717, 1.165) is 13.1 Å². The standard InChI is InChI=1S/C26H44N2O.ClH/c1-7-8-11-27-12-14-28(15-13-27)24-10-9-21(19-29-6)16-23(24)22-17-25(2,3)20-26(4,5)18-22;/h9-10,16,22H,7-8,11-15,17-20H2,1-6H3;1H. The van der Waals surface area contributed by atoms with Gasteiger partial charge in [-0.3, -0.25) is 4.90 Å². The second-order valence-corrected chi connectivity index (χ2v) is 11.1. The molecule has 1 aliphatic heterocycles. The molecule has 1 aromatic rings. The zero-order chi connectivity index (χ0) is 21.1. The molecule has 2 aliphatic rings. The van der Waals surface area contributed by atoms with Gasteiger partial charge in [-0.15, -0.1) is 12.4 Å². The van der Waals surface area contributed by atoms with Gasteiger partial charge in [-0.1, -0.05) is 53.2 Å². The maximum atomic E-state index is 5.47. The summed E-state index contributed by atoms with van der Waals surface area (Å²) in [5, 5.41) is 0. The van der Waals surface area contributed by atoms with E-state index in [4.69, 9.17) is 4.74 Å². The minimum atomic E-state index is 0. The minimum absolute atomic E-state index is 0. The molecule has 172 valence electrons. The highest BCUT2D eigenvalue weighted by molar-refractivity contribution is 5.85. The first kappa shape index (κ1) is 25.5. The number of benzene rings is 1. The Hall–Kier alpha value is -0.770.